The molecule has 3 N–H and O–H groups in total. The van der Waals surface area contributed by atoms with Crippen molar-refractivity contribution in [1.82, 2.24) is 19.8 Å². The second kappa shape index (κ2) is 12.4. The summed E-state index contributed by atoms with van der Waals surface area (Å²) in [5.41, 5.74) is 4.43. The SMILES string of the molecule is CC(C)C(=O)Nc1ccc(-c2ccnc(Nc3ccc(CN4CCN(CCO)CC4)cc3)n2)cc1C#N. The number of nitrogens with zero attached hydrogens (tertiary/aromatic N) is 5. The zero-order valence-corrected chi connectivity index (χ0v) is 21.3. The minimum absolute atomic E-state index is 0.135. The van der Waals surface area contributed by atoms with Crippen molar-refractivity contribution in [3.63, 3.8) is 0 Å². The molecule has 0 atom stereocenters. The number of amides is 1. The van der Waals surface area contributed by atoms with Crippen molar-refractivity contribution < 1.29 is 9.90 Å². The van der Waals surface area contributed by atoms with E-state index in [2.05, 4.69) is 48.6 Å². The first-order chi connectivity index (χ1) is 17.9. The van der Waals surface area contributed by atoms with E-state index in [4.69, 9.17) is 5.11 Å². The van der Waals surface area contributed by atoms with E-state index in [1.807, 2.05) is 18.2 Å². The first kappa shape index (κ1) is 26.2. The van der Waals surface area contributed by atoms with Crippen molar-refractivity contribution in [3.8, 4) is 17.3 Å². The molecule has 1 aliphatic rings. The second-order valence-corrected chi connectivity index (χ2v) is 9.44. The zero-order valence-electron chi connectivity index (χ0n) is 21.3. The van der Waals surface area contributed by atoms with Gasteiger partial charge in [0.15, 0.2) is 0 Å². The Labute approximate surface area is 217 Å². The van der Waals surface area contributed by atoms with E-state index in [9.17, 15) is 10.1 Å². The molecule has 1 aliphatic heterocycles. The Morgan fingerprint density at radius 2 is 1.81 bits per heavy atom. The van der Waals surface area contributed by atoms with Crippen LogP contribution in [0.3, 0.4) is 0 Å². The predicted octanol–water partition coefficient (Wildman–Crippen LogP) is 3.46. The number of aliphatic hydroxyl groups excluding tert-OH is 1. The fourth-order valence-corrected chi connectivity index (χ4v) is 4.16. The lowest BCUT2D eigenvalue weighted by Crippen LogP contribution is -2.46. The molecular formula is C28H33N7O2. The van der Waals surface area contributed by atoms with E-state index in [0.717, 1.165) is 50.5 Å². The molecule has 0 saturated carbocycles. The van der Waals surface area contributed by atoms with E-state index in [0.29, 0.717) is 22.9 Å². The maximum atomic E-state index is 12.0. The van der Waals surface area contributed by atoms with Crippen molar-refractivity contribution in [2.24, 2.45) is 5.92 Å². The van der Waals surface area contributed by atoms with Crippen molar-refractivity contribution >= 4 is 23.2 Å². The van der Waals surface area contributed by atoms with Gasteiger partial charge in [-0.25, -0.2) is 9.97 Å². The quantitative estimate of drug-likeness (QED) is 0.410. The molecule has 192 valence electrons. The average molecular weight is 500 g/mol. The number of benzene rings is 2. The lowest BCUT2D eigenvalue weighted by atomic mass is 10.1. The molecule has 0 spiro atoms. The summed E-state index contributed by atoms with van der Waals surface area (Å²) in [7, 11) is 0. The van der Waals surface area contributed by atoms with Crippen LogP contribution in [0.5, 0.6) is 0 Å². The number of carbonyl (C=O) groups excluding carboxylic acids is 1. The largest absolute Gasteiger partial charge is 0.395 e. The molecule has 0 unspecified atom stereocenters. The molecule has 1 fully saturated rings. The Balaban J connectivity index is 1.39. The van der Waals surface area contributed by atoms with Gasteiger partial charge in [0, 0.05) is 62.6 Å². The molecule has 0 radical (unpaired) electrons. The summed E-state index contributed by atoms with van der Waals surface area (Å²) in [6.45, 7) is 9.44. The molecule has 0 aliphatic carbocycles. The van der Waals surface area contributed by atoms with Gasteiger partial charge >= 0.3 is 0 Å². The summed E-state index contributed by atoms with van der Waals surface area (Å²) in [4.78, 5) is 25.7. The van der Waals surface area contributed by atoms with Crippen LogP contribution in [0.2, 0.25) is 0 Å². The van der Waals surface area contributed by atoms with Crippen LogP contribution in [0.4, 0.5) is 17.3 Å². The third-order valence-corrected chi connectivity index (χ3v) is 6.37. The number of hydrogen-bond acceptors (Lipinski definition) is 8. The van der Waals surface area contributed by atoms with Crippen LogP contribution in [0.25, 0.3) is 11.3 Å². The van der Waals surface area contributed by atoms with Crippen LogP contribution in [-0.4, -0.2) is 70.1 Å². The standard InChI is InChI=1S/C28H33N7O2/c1-20(2)27(37)32-25-8-5-22(17-23(25)18-29)26-9-10-30-28(33-26)31-24-6-3-21(4-7-24)19-35-13-11-34(12-14-35)15-16-36/h3-10,17,20,36H,11-16,19H2,1-2H3,(H,32,37)(H,30,31,33). The minimum Gasteiger partial charge on any atom is -0.395 e. The number of anilines is 3. The Morgan fingerprint density at radius 1 is 1.08 bits per heavy atom. The molecule has 9 nitrogen and oxygen atoms in total. The number of nitriles is 1. The van der Waals surface area contributed by atoms with Gasteiger partial charge in [-0.05, 0) is 35.9 Å². The molecular weight excluding hydrogens is 466 g/mol. The van der Waals surface area contributed by atoms with Gasteiger partial charge in [-0.3, -0.25) is 14.6 Å². The highest BCUT2D eigenvalue weighted by molar-refractivity contribution is 5.93. The third kappa shape index (κ3) is 7.11. The van der Waals surface area contributed by atoms with Crippen molar-refractivity contribution in [2.45, 2.75) is 20.4 Å². The molecule has 1 saturated heterocycles. The smallest absolute Gasteiger partial charge is 0.227 e. The van der Waals surface area contributed by atoms with Crippen molar-refractivity contribution in [3.05, 3.63) is 65.9 Å². The van der Waals surface area contributed by atoms with E-state index in [1.54, 1.807) is 38.2 Å². The van der Waals surface area contributed by atoms with Crippen LogP contribution in [0, 0.1) is 17.2 Å². The summed E-state index contributed by atoms with van der Waals surface area (Å²) in [6, 6.07) is 17.5. The number of nitrogens with one attached hydrogen (secondary N) is 2. The van der Waals surface area contributed by atoms with Gasteiger partial charge in [0.25, 0.3) is 0 Å². The predicted molar refractivity (Wildman–Crippen MR) is 144 cm³/mol. The molecule has 0 bridgehead atoms. The fraction of sp³-hybridized carbons (Fsp3) is 0.357. The minimum atomic E-state index is -0.177. The molecule has 4 rings (SSSR count). The number of rotatable bonds is 9. The Morgan fingerprint density at radius 3 is 2.49 bits per heavy atom. The number of piperazine rings is 1. The fourth-order valence-electron chi connectivity index (χ4n) is 4.16. The highest BCUT2D eigenvalue weighted by Gasteiger charge is 2.16. The van der Waals surface area contributed by atoms with Crippen LogP contribution >= 0.6 is 0 Å². The molecule has 2 heterocycles. The molecule has 9 heteroatoms. The topological polar surface area (TPSA) is 117 Å². The Hall–Kier alpha value is -3.84. The normalized spacial score (nSPS) is 14.4. The van der Waals surface area contributed by atoms with Gasteiger partial charge in [0.05, 0.1) is 23.6 Å². The van der Waals surface area contributed by atoms with Crippen LogP contribution in [0.15, 0.2) is 54.7 Å². The Bertz CT molecular complexity index is 1250. The van der Waals surface area contributed by atoms with Crippen molar-refractivity contribution in [2.75, 3.05) is 50.0 Å². The van der Waals surface area contributed by atoms with Gasteiger partial charge in [0.2, 0.25) is 11.9 Å². The second-order valence-electron chi connectivity index (χ2n) is 9.44. The number of carbonyl (C=O) groups is 1. The molecule has 1 amide bonds. The number of aliphatic hydroxyl groups is 1. The number of hydrogen-bond donors (Lipinski definition) is 3. The lowest BCUT2D eigenvalue weighted by molar-refractivity contribution is -0.118. The monoisotopic (exact) mass is 499 g/mol. The van der Waals surface area contributed by atoms with Gasteiger partial charge in [-0.15, -0.1) is 0 Å². The Kier molecular flexibility index (Phi) is 8.80. The maximum Gasteiger partial charge on any atom is 0.227 e. The maximum absolute atomic E-state index is 12.0. The number of β-amino-alcohol motifs (C(OH)–C–C–N with tert-alkyl or cyclic N) is 1. The summed E-state index contributed by atoms with van der Waals surface area (Å²) >= 11 is 0. The third-order valence-electron chi connectivity index (χ3n) is 6.37. The summed E-state index contributed by atoms with van der Waals surface area (Å²) < 4.78 is 0. The summed E-state index contributed by atoms with van der Waals surface area (Å²) in [6.07, 6.45) is 1.68. The molecule has 37 heavy (non-hydrogen) atoms. The average Bonchev–Trinajstić information content (AvgIpc) is 2.91. The summed E-state index contributed by atoms with van der Waals surface area (Å²) in [5.74, 6) is 0.147. The van der Waals surface area contributed by atoms with Crippen LogP contribution in [-0.2, 0) is 11.3 Å². The first-order valence-electron chi connectivity index (χ1n) is 12.5. The van der Waals surface area contributed by atoms with Gasteiger partial charge < -0.3 is 15.7 Å². The highest BCUT2D eigenvalue weighted by Crippen LogP contribution is 2.25. The van der Waals surface area contributed by atoms with Gasteiger partial charge in [-0.2, -0.15) is 5.26 Å². The van der Waals surface area contributed by atoms with E-state index >= 15 is 0 Å². The van der Waals surface area contributed by atoms with Gasteiger partial charge in [0.1, 0.15) is 6.07 Å². The van der Waals surface area contributed by atoms with Crippen LogP contribution in [0.1, 0.15) is 25.0 Å². The molecule has 3 aromatic rings. The first-order valence-corrected chi connectivity index (χ1v) is 12.5. The lowest BCUT2D eigenvalue weighted by Gasteiger charge is -2.34. The van der Waals surface area contributed by atoms with Crippen molar-refractivity contribution in [1.29, 1.82) is 5.26 Å². The molecule has 2 aromatic carbocycles. The van der Waals surface area contributed by atoms with Crippen LogP contribution < -0.4 is 10.6 Å². The zero-order chi connectivity index (χ0) is 26.2. The highest BCUT2D eigenvalue weighted by atomic mass is 16.3. The number of aromatic nitrogens is 2. The van der Waals surface area contributed by atoms with E-state index < -0.39 is 0 Å². The molecule has 1 aromatic heterocycles. The summed E-state index contributed by atoms with van der Waals surface area (Å²) in [5, 5.41) is 24.7. The van der Waals surface area contributed by atoms with Gasteiger partial charge in [-0.1, -0.05) is 32.0 Å². The van der Waals surface area contributed by atoms with E-state index in [1.165, 1.54) is 5.56 Å². The van der Waals surface area contributed by atoms with E-state index in [-0.39, 0.29) is 18.4 Å².